The molecule has 2 heterocycles. The molecule has 0 saturated carbocycles. The van der Waals surface area contributed by atoms with Crippen LogP contribution in [0, 0.1) is 0 Å². The Labute approximate surface area is 185 Å². The zero-order chi connectivity index (χ0) is 22.1. The maximum absolute atomic E-state index is 12.1. The first-order chi connectivity index (χ1) is 15.0. The van der Waals surface area contributed by atoms with Crippen molar-refractivity contribution in [3.8, 4) is 0 Å². The van der Waals surface area contributed by atoms with Crippen molar-refractivity contribution in [1.82, 2.24) is 25.4 Å². The summed E-state index contributed by atoms with van der Waals surface area (Å²) in [4.78, 5) is 25.1. The number of carbonyl (C=O) groups excluding carboxylic acids is 1. The maximum Gasteiger partial charge on any atom is 0.243 e. The van der Waals surface area contributed by atoms with E-state index in [1.54, 1.807) is 19.0 Å². The van der Waals surface area contributed by atoms with Gasteiger partial charge in [0.15, 0.2) is 5.96 Å². The Morgan fingerprint density at radius 3 is 2.52 bits per heavy atom. The molecule has 1 saturated heterocycles. The molecule has 1 aliphatic heterocycles. The number of aromatic nitrogens is 1. The predicted molar refractivity (Wildman–Crippen MR) is 125 cm³/mol. The number of nitrogens with one attached hydrogen (secondary N) is 2. The van der Waals surface area contributed by atoms with Gasteiger partial charge in [-0.3, -0.25) is 14.7 Å². The van der Waals surface area contributed by atoms with E-state index in [0.29, 0.717) is 12.0 Å². The third-order valence-corrected chi connectivity index (χ3v) is 5.56. The molecule has 1 aromatic heterocycles. The van der Waals surface area contributed by atoms with Crippen molar-refractivity contribution in [2.75, 3.05) is 33.7 Å². The quantitative estimate of drug-likeness (QED) is 0.530. The summed E-state index contributed by atoms with van der Waals surface area (Å²) in [5, 5.41) is 7.03. The number of benzene rings is 1. The van der Waals surface area contributed by atoms with E-state index in [4.69, 9.17) is 0 Å². The van der Waals surface area contributed by atoms with E-state index in [-0.39, 0.29) is 18.5 Å². The third-order valence-electron chi connectivity index (χ3n) is 5.56. The first-order valence-electron chi connectivity index (χ1n) is 11.0. The Balaban J connectivity index is 1.57. The molecular weight excluding hydrogens is 388 g/mol. The Kier molecular flexibility index (Phi) is 8.41. The van der Waals surface area contributed by atoms with Gasteiger partial charge in [-0.05, 0) is 37.5 Å². The SMILES string of the molecule is CC(NC(=NCC(=O)N(C)C)NC1CCN(Cc2ccccn2)CC1)c1ccccc1. The van der Waals surface area contributed by atoms with Gasteiger partial charge >= 0.3 is 0 Å². The van der Waals surface area contributed by atoms with Crippen molar-refractivity contribution in [2.24, 2.45) is 4.99 Å². The van der Waals surface area contributed by atoms with Crippen molar-refractivity contribution in [2.45, 2.75) is 38.4 Å². The second kappa shape index (κ2) is 11.5. The standard InChI is InChI=1S/C24H34N6O/c1-19(20-9-5-4-6-10-20)27-24(26-17-23(31)29(2)3)28-21-12-15-30(16-13-21)18-22-11-7-8-14-25-22/h4-11,14,19,21H,12-13,15-18H2,1-3H3,(H2,26,27,28). The molecule has 0 spiro atoms. The van der Waals surface area contributed by atoms with Gasteiger partial charge in [-0.15, -0.1) is 0 Å². The van der Waals surface area contributed by atoms with Crippen molar-refractivity contribution in [3.63, 3.8) is 0 Å². The van der Waals surface area contributed by atoms with E-state index >= 15 is 0 Å². The largest absolute Gasteiger partial charge is 0.354 e. The molecule has 1 amide bonds. The van der Waals surface area contributed by atoms with Gasteiger partial charge in [0, 0.05) is 46.0 Å². The van der Waals surface area contributed by atoms with Crippen LogP contribution in [0.2, 0.25) is 0 Å². The van der Waals surface area contributed by atoms with E-state index in [9.17, 15) is 4.79 Å². The summed E-state index contributed by atoms with van der Waals surface area (Å²) in [7, 11) is 3.50. The van der Waals surface area contributed by atoms with Crippen molar-refractivity contribution < 1.29 is 4.79 Å². The lowest BCUT2D eigenvalue weighted by molar-refractivity contribution is -0.127. The lowest BCUT2D eigenvalue weighted by Crippen LogP contribution is -2.49. The first kappa shape index (κ1) is 22.7. The van der Waals surface area contributed by atoms with Crippen LogP contribution in [0.5, 0.6) is 0 Å². The number of hydrogen-bond acceptors (Lipinski definition) is 4. The number of likely N-dealkylation sites (tertiary alicyclic amines) is 1. The Bertz CT molecular complexity index is 832. The van der Waals surface area contributed by atoms with Gasteiger partial charge < -0.3 is 15.5 Å². The van der Waals surface area contributed by atoms with Gasteiger partial charge in [0.05, 0.1) is 11.7 Å². The molecule has 2 aromatic rings. The number of guanidine groups is 1. The summed E-state index contributed by atoms with van der Waals surface area (Å²) < 4.78 is 0. The summed E-state index contributed by atoms with van der Waals surface area (Å²) in [5.74, 6) is 0.674. The fourth-order valence-corrected chi connectivity index (χ4v) is 3.60. The monoisotopic (exact) mass is 422 g/mol. The molecular formula is C24H34N6O. The highest BCUT2D eigenvalue weighted by Crippen LogP contribution is 2.14. The van der Waals surface area contributed by atoms with Crippen LogP contribution in [0.15, 0.2) is 59.7 Å². The van der Waals surface area contributed by atoms with Gasteiger partial charge in [-0.2, -0.15) is 0 Å². The zero-order valence-electron chi connectivity index (χ0n) is 18.8. The summed E-state index contributed by atoms with van der Waals surface area (Å²) in [5.41, 5.74) is 2.29. The molecule has 7 nitrogen and oxygen atoms in total. The maximum atomic E-state index is 12.1. The molecule has 166 valence electrons. The number of aliphatic imine (C=N–C) groups is 1. The van der Waals surface area contributed by atoms with Crippen LogP contribution in [0.1, 0.15) is 37.1 Å². The molecule has 3 rings (SSSR count). The summed E-state index contributed by atoms with van der Waals surface area (Å²) in [6.07, 6.45) is 3.89. The smallest absolute Gasteiger partial charge is 0.243 e. The number of pyridine rings is 1. The van der Waals surface area contributed by atoms with E-state index < -0.39 is 0 Å². The minimum Gasteiger partial charge on any atom is -0.354 e. The average Bonchev–Trinajstić information content (AvgIpc) is 2.79. The van der Waals surface area contributed by atoms with E-state index in [1.807, 2.05) is 36.5 Å². The van der Waals surface area contributed by atoms with E-state index in [0.717, 1.165) is 38.2 Å². The average molecular weight is 423 g/mol. The Hall–Kier alpha value is -2.93. The molecule has 1 fully saturated rings. The number of piperidine rings is 1. The molecule has 0 aliphatic carbocycles. The van der Waals surface area contributed by atoms with Crippen LogP contribution in [0.3, 0.4) is 0 Å². The second-order valence-corrected chi connectivity index (χ2v) is 8.25. The van der Waals surface area contributed by atoms with Gasteiger partial charge in [0.25, 0.3) is 0 Å². The zero-order valence-corrected chi connectivity index (χ0v) is 18.8. The highest BCUT2D eigenvalue weighted by atomic mass is 16.2. The third kappa shape index (κ3) is 7.36. The summed E-state index contributed by atoms with van der Waals surface area (Å²) in [6, 6.07) is 16.7. The predicted octanol–water partition coefficient (Wildman–Crippen LogP) is 2.43. The normalized spacial score (nSPS) is 16.5. The molecule has 7 heteroatoms. The molecule has 0 bridgehead atoms. The van der Waals surface area contributed by atoms with Gasteiger partial charge in [-0.25, -0.2) is 4.99 Å². The lowest BCUT2D eigenvalue weighted by Gasteiger charge is -2.33. The fourth-order valence-electron chi connectivity index (χ4n) is 3.60. The number of carbonyl (C=O) groups is 1. The van der Waals surface area contributed by atoms with Crippen molar-refractivity contribution in [3.05, 3.63) is 66.0 Å². The first-order valence-corrected chi connectivity index (χ1v) is 11.0. The van der Waals surface area contributed by atoms with Crippen molar-refractivity contribution in [1.29, 1.82) is 0 Å². The molecule has 0 radical (unpaired) electrons. The topological polar surface area (TPSA) is 72.9 Å². The van der Waals surface area contributed by atoms with Gasteiger partial charge in [-0.1, -0.05) is 36.4 Å². The van der Waals surface area contributed by atoms with Crippen LogP contribution in [-0.2, 0) is 11.3 Å². The number of nitrogens with zero attached hydrogens (tertiary/aromatic N) is 4. The van der Waals surface area contributed by atoms with Crippen LogP contribution in [-0.4, -0.2) is 66.4 Å². The number of hydrogen-bond donors (Lipinski definition) is 2. The molecule has 1 atom stereocenters. The van der Waals surface area contributed by atoms with Crippen LogP contribution >= 0.6 is 0 Å². The lowest BCUT2D eigenvalue weighted by atomic mass is 10.0. The molecule has 1 aliphatic rings. The number of likely N-dealkylation sites (N-methyl/N-ethyl adjacent to an activating group) is 1. The number of rotatable bonds is 7. The van der Waals surface area contributed by atoms with Crippen LogP contribution in [0.4, 0.5) is 0 Å². The van der Waals surface area contributed by atoms with Gasteiger partial charge in [0.1, 0.15) is 6.54 Å². The summed E-state index contributed by atoms with van der Waals surface area (Å²) >= 11 is 0. The van der Waals surface area contributed by atoms with E-state index in [1.165, 1.54) is 5.56 Å². The minimum atomic E-state index is -0.0151. The highest BCUT2D eigenvalue weighted by Gasteiger charge is 2.21. The van der Waals surface area contributed by atoms with E-state index in [2.05, 4.69) is 50.6 Å². The number of amides is 1. The second-order valence-electron chi connectivity index (χ2n) is 8.25. The van der Waals surface area contributed by atoms with Crippen LogP contribution < -0.4 is 10.6 Å². The fraction of sp³-hybridized carbons (Fsp3) is 0.458. The Morgan fingerprint density at radius 1 is 1.16 bits per heavy atom. The van der Waals surface area contributed by atoms with Crippen molar-refractivity contribution >= 4 is 11.9 Å². The summed E-state index contributed by atoms with van der Waals surface area (Å²) in [6.45, 7) is 5.13. The minimum absolute atomic E-state index is 0.0151. The van der Waals surface area contributed by atoms with Gasteiger partial charge in [0.2, 0.25) is 5.91 Å². The molecule has 31 heavy (non-hydrogen) atoms. The highest BCUT2D eigenvalue weighted by molar-refractivity contribution is 5.85. The van der Waals surface area contributed by atoms with Crippen LogP contribution in [0.25, 0.3) is 0 Å². The molecule has 1 aromatic carbocycles. The molecule has 1 unspecified atom stereocenters. The molecule has 2 N–H and O–H groups in total. The Morgan fingerprint density at radius 2 is 1.87 bits per heavy atom.